The molecule has 3 nitrogen and oxygen atoms in total. The second-order valence-corrected chi connectivity index (χ2v) is 5.62. The van der Waals surface area contributed by atoms with Gasteiger partial charge in [0.25, 0.3) is 0 Å². The number of methoxy groups -OCH3 is 1. The Morgan fingerprint density at radius 3 is 2.33 bits per heavy atom. The first-order valence-electron chi connectivity index (χ1n) is 7.31. The Bertz CT molecular complexity index is 582. The number of ether oxygens (including phenoxy) is 1. The van der Waals surface area contributed by atoms with Crippen LogP contribution in [0.5, 0.6) is 5.88 Å². The fraction of sp³-hybridized carbons (Fsp3) is 0.389. The Labute approximate surface area is 127 Å². The fourth-order valence-corrected chi connectivity index (χ4v) is 2.88. The van der Waals surface area contributed by atoms with Crippen molar-refractivity contribution in [3.8, 4) is 5.88 Å². The van der Waals surface area contributed by atoms with Gasteiger partial charge >= 0.3 is 0 Å². The van der Waals surface area contributed by atoms with Crippen LogP contribution < -0.4 is 10.1 Å². The zero-order chi connectivity index (χ0) is 15.4. The van der Waals surface area contributed by atoms with E-state index >= 15 is 0 Å². The van der Waals surface area contributed by atoms with Crippen molar-refractivity contribution in [2.75, 3.05) is 7.11 Å². The van der Waals surface area contributed by atoms with Gasteiger partial charge in [0.15, 0.2) is 0 Å². The van der Waals surface area contributed by atoms with Gasteiger partial charge in [-0.15, -0.1) is 0 Å². The lowest BCUT2D eigenvalue weighted by molar-refractivity contribution is 0.397. The fourth-order valence-electron chi connectivity index (χ4n) is 2.88. The van der Waals surface area contributed by atoms with Gasteiger partial charge in [-0.05, 0) is 49.9 Å². The molecule has 1 N–H and O–H groups in total. The molecule has 0 fully saturated rings. The van der Waals surface area contributed by atoms with E-state index in [2.05, 4.69) is 50.1 Å². The van der Waals surface area contributed by atoms with Gasteiger partial charge < -0.3 is 10.1 Å². The molecule has 1 heterocycles. The lowest BCUT2D eigenvalue weighted by atomic mass is 9.95. The Balaban J connectivity index is 2.06. The average Bonchev–Trinajstić information content (AvgIpc) is 2.44. The zero-order valence-corrected chi connectivity index (χ0v) is 13.5. The summed E-state index contributed by atoms with van der Waals surface area (Å²) in [6.45, 7) is 9.52. The van der Waals surface area contributed by atoms with Crippen LogP contribution in [0.15, 0.2) is 30.5 Å². The molecule has 0 aliphatic carbocycles. The normalized spacial score (nSPS) is 12.2. The van der Waals surface area contributed by atoms with Crippen LogP contribution in [-0.2, 0) is 6.54 Å². The molecule has 21 heavy (non-hydrogen) atoms. The number of aromatic nitrogens is 1. The minimum Gasteiger partial charge on any atom is -0.481 e. The molecule has 1 atom stereocenters. The van der Waals surface area contributed by atoms with E-state index in [0.717, 1.165) is 12.1 Å². The molecule has 1 aromatic heterocycles. The molecule has 1 aromatic carbocycles. The third kappa shape index (κ3) is 3.82. The number of pyridine rings is 1. The van der Waals surface area contributed by atoms with Crippen LogP contribution in [0.3, 0.4) is 0 Å². The predicted molar refractivity (Wildman–Crippen MR) is 86.7 cm³/mol. The van der Waals surface area contributed by atoms with Gasteiger partial charge in [0.2, 0.25) is 5.88 Å². The zero-order valence-electron chi connectivity index (χ0n) is 13.5. The maximum absolute atomic E-state index is 5.08. The smallest absolute Gasteiger partial charge is 0.212 e. The van der Waals surface area contributed by atoms with Gasteiger partial charge in [-0.25, -0.2) is 4.98 Å². The van der Waals surface area contributed by atoms with Crippen LogP contribution in [0.4, 0.5) is 0 Å². The molecule has 0 amide bonds. The van der Waals surface area contributed by atoms with Gasteiger partial charge in [-0.1, -0.05) is 23.8 Å². The van der Waals surface area contributed by atoms with E-state index in [4.69, 9.17) is 4.74 Å². The summed E-state index contributed by atoms with van der Waals surface area (Å²) in [5.74, 6) is 0.650. The summed E-state index contributed by atoms with van der Waals surface area (Å²) in [5.41, 5.74) is 6.56. The third-order valence-electron chi connectivity index (χ3n) is 3.79. The summed E-state index contributed by atoms with van der Waals surface area (Å²) >= 11 is 0. The number of hydrogen-bond acceptors (Lipinski definition) is 3. The maximum atomic E-state index is 5.08. The van der Waals surface area contributed by atoms with Gasteiger partial charge in [-0.2, -0.15) is 0 Å². The summed E-state index contributed by atoms with van der Waals surface area (Å²) in [6.07, 6.45) is 1.85. The van der Waals surface area contributed by atoms with Crippen LogP contribution in [0.25, 0.3) is 0 Å². The maximum Gasteiger partial charge on any atom is 0.212 e. The highest BCUT2D eigenvalue weighted by Gasteiger charge is 2.11. The molecule has 1 unspecified atom stereocenters. The van der Waals surface area contributed by atoms with Gasteiger partial charge in [-0.3, -0.25) is 0 Å². The number of aryl methyl sites for hydroxylation is 3. The Kier molecular flexibility index (Phi) is 4.97. The van der Waals surface area contributed by atoms with Crippen molar-refractivity contribution in [3.63, 3.8) is 0 Å². The molecule has 112 valence electrons. The number of rotatable bonds is 5. The molecule has 0 saturated heterocycles. The molecule has 0 bridgehead atoms. The molecule has 2 rings (SSSR count). The quantitative estimate of drug-likeness (QED) is 0.905. The topological polar surface area (TPSA) is 34.1 Å². The first-order chi connectivity index (χ1) is 10.0. The van der Waals surface area contributed by atoms with Crippen molar-refractivity contribution in [1.82, 2.24) is 10.3 Å². The summed E-state index contributed by atoms with van der Waals surface area (Å²) < 4.78 is 5.08. The van der Waals surface area contributed by atoms with Crippen molar-refractivity contribution in [3.05, 3.63) is 58.3 Å². The summed E-state index contributed by atoms with van der Waals surface area (Å²) in [6, 6.07) is 8.74. The Morgan fingerprint density at radius 1 is 1.14 bits per heavy atom. The van der Waals surface area contributed by atoms with E-state index in [1.807, 2.05) is 18.3 Å². The summed E-state index contributed by atoms with van der Waals surface area (Å²) in [4.78, 5) is 4.23. The first kappa shape index (κ1) is 15.5. The minimum atomic E-state index is 0.313. The van der Waals surface area contributed by atoms with E-state index in [9.17, 15) is 0 Å². The van der Waals surface area contributed by atoms with E-state index < -0.39 is 0 Å². The Morgan fingerprint density at radius 2 is 1.81 bits per heavy atom. The van der Waals surface area contributed by atoms with Crippen LogP contribution in [0.2, 0.25) is 0 Å². The molecule has 0 saturated carbocycles. The first-order valence-corrected chi connectivity index (χ1v) is 7.31. The van der Waals surface area contributed by atoms with E-state index in [1.54, 1.807) is 7.11 Å². The highest BCUT2D eigenvalue weighted by Crippen LogP contribution is 2.23. The third-order valence-corrected chi connectivity index (χ3v) is 3.79. The minimum absolute atomic E-state index is 0.313. The van der Waals surface area contributed by atoms with Gasteiger partial charge in [0.1, 0.15) is 0 Å². The SMILES string of the molecule is COc1ccc(CNC(C)c2c(C)cc(C)cc2C)cn1. The number of nitrogens with one attached hydrogen (secondary N) is 1. The van der Waals surface area contributed by atoms with Crippen LogP contribution >= 0.6 is 0 Å². The van der Waals surface area contributed by atoms with Gasteiger partial charge in [0, 0.05) is 24.8 Å². The molecule has 0 radical (unpaired) electrons. The monoisotopic (exact) mass is 284 g/mol. The molecular formula is C18H24N2O. The number of nitrogens with zero attached hydrogens (tertiary/aromatic N) is 1. The summed E-state index contributed by atoms with van der Waals surface area (Å²) in [7, 11) is 1.63. The molecule has 0 aliphatic heterocycles. The second-order valence-electron chi connectivity index (χ2n) is 5.62. The van der Waals surface area contributed by atoms with Crippen molar-refractivity contribution in [2.24, 2.45) is 0 Å². The van der Waals surface area contributed by atoms with Crippen molar-refractivity contribution < 1.29 is 4.74 Å². The molecule has 3 heteroatoms. The van der Waals surface area contributed by atoms with Crippen molar-refractivity contribution in [2.45, 2.75) is 40.3 Å². The highest BCUT2D eigenvalue weighted by atomic mass is 16.5. The van der Waals surface area contributed by atoms with Gasteiger partial charge in [0.05, 0.1) is 7.11 Å². The van der Waals surface area contributed by atoms with E-state index in [1.165, 1.54) is 22.3 Å². The number of benzene rings is 1. The molecule has 2 aromatic rings. The van der Waals surface area contributed by atoms with E-state index in [0.29, 0.717) is 11.9 Å². The Hall–Kier alpha value is -1.87. The molecular weight excluding hydrogens is 260 g/mol. The lowest BCUT2D eigenvalue weighted by Crippen LogP contribution is -2.20. The predicted octanol–water partition coefficient (Wildman–Crippen LogP) is 3.87. The van der Waals surface area contributed by atoms with Crippen LogP contribution in [-0.4, -0.2) is 12.1 Å². The highest BCUT2D eigenvalue weighted by molar-refractivity contribution is 5.39. The molecule has 0 aliphatic rings. The summed E-state index contributed by atoms with van der Waals surface area (Å²) in [5, 5.41) is 3.57. The van der Waals surface area contributed by atoms with Crippen LogP contribution in [0.1, 0.15) is 40.8 Å². The molecule has 0 spiro atoms. The van der Waals surface area contributed by atoms with Crippen molar-refractivity contribution >= 4 is 0 Å². The van der Waals surface area contributed by atoms with Crippen molar-refractivity contribution in [1.29, 1.82) is 0 Å². The number of hydrogen-bond donors (Lipinski definition) is 1. The standard InChI is InChI=1S/C18H24N2O/c1-12-8-13(2)18(14(3)9-12)15(4)19-10-16-6-7-17(21-5)20-11-16/h6-9,11,15,19H,10H2,1-5H3. The largest absolute Gasteiger partial charge is 0.481 e. The van der Waals surface area contributed by atoms with Crippen LogP contribution in [0, 0.1) is 20.8 Å². The second kappa shape index (κ2) is 6.72. The van der Waals surface area contributed by atoms with E-state index in [-0.39, 0.29) is 0 Å². The lowest BCUT2D eigenvalue weighted by Gasteiger charge is -2.20. The average molecular weight is 284 g/mol.